The fourth-order valence-electron chi connectivity index (χ4n) is 4.70. The summed E-state index contributed by atoms with van der Waals surface area (Å²) in [5.41, 5.74) is 4.71. The van der Waals surface area contributed by atoms with Crippen LogP contribution in [0.4, 0.5) is 15.9 Å². The fraction of sp³-hybridized carbons (Fsp3) is 0.207. The molecule has 208 valence electrons. The number of fused-ring (bicyclic) bond motifs is 1. The third-order valence-corrected chi connectivity index (χ3v) is 7.16. The Morgan fingerprint density at radius 3 is 2.73 bits per heavy atom. The van der Waals surface area contributed by atoms with Crippen LogP contribution in [0, 0.1) is 5.82 Å². The minimum Gasteiger partial charge on any atom is -0.487 e. The van der Waals surface area contributed by atoms with Gasteiger partial charge >= 0.3 is 0 Å². The maximum atomic E-state index is 13.5. The summed E-state index contributed by atoms with van der Waals surface area (Å²) in [7, 11) is 0. The number of hydrogen-bond donors (Lipinski definition) is 2. The first-order valence-electron chi connectivity index (χ1n) is 13.1. The zero-order valence-corrected chi connectivity index (χ0v) is 22.7. The van der Waals surface area contributed by atoms with Gasteiger partial charge in [0.1, 0.15) is 30.3 Å². The molecule has 0 saturated carbocycles. The first-order chi connectivity index (χ1) is 20.0. The topological polar surface area (TPSA) is 114 Å². The van der Waals surface area contributed by atoms with Crippen molar-refractivity contribution in [3.63, 3.8) is 0 Å². The second-order valence-corrected chi connectivity index (χ2v) is 10.1. The summed E-state index contributed by atoms with van der Waals surface area (Å²) in [5, 5.41) is 25.5. The molecule has 2 aromatic heterocycles. The van der Waals surface area contributed by atoms with E-state index in [-0.39, 0.29) is 12.4 Å². The van der Waals surface area contributed by atoms with Gasteiger partial charge in [0, 0.05) is 43.5 Å². The highest BCUT2D eigenvalue weighted by molar-refractivity contribution is 6.32. The Hall–Kier alpha value is -4.61. The number of rotatable bonds is 8. The first kappa shape index (κ1) is 26.6. The molecule has 0 amide bonds. The van der Waals surface area contributed by atoms with Crippen LogP contribution in [0.3, 0.4) is 0 Å². The van der Waals surface area contributed by atoms with Gasteiger partial charge in [-0.1, -0.05) is 34.1 Å². The summed E-state index contributed by atoms with van der Waals surface area (Å²) in [4.78, 5) is 11.1. The van der Waals surface area contributed by atoms with Crippen molar-refractivity contribution in [2.45, 2.75) is 26.0 Å². The Morgan fingerprint density at radius 1 is 1.05 bits per heavy atom. The number of piperidine rings is 1. The molecule has 1 aliphatic heterocycles. The number of benzene rings is 3. The van der Waals surface area contributed by atoms with E-state index in [0.29, 0.717) is 28.7 Å². The van der Waals surface area contributed by atoms with Gasteiger partial charge in [-0.25, -0.2) is 19.0 Å². The average molecular weight is 573 g/mol. The molecule has 1 aliphatic rings. The van der Waals surface area contributed by atoms with Crippen LogP contribution in [0.15, 0.2) is 78.3 Å². The second kappa shape index (κ2) is 11.9. The molecule has 0 radical (unpaired) electrons. The van der Waals surface area contributed by atoms with Gasteiger partial charge in [0.2, 0.25) is 0 Å². The van der Waals surface area contributed by atoms with E-state index < -0.39 is 0 Å². The predicted molar refractivity (Wildman–Crippen MR) is 154 cm³/mol. The van der Waals surface area contributed by atoms with Gasteiger partial charge in [-0.2, -0.15) is 0 Å². The Labute approximate surface area is 240 Å². The van der Waals surface area contributed by atoms with Crippen LogP contribution in [-0.4, -0.2) is 53.9 Å². The van der Waals surface area contributed by atoms with Crippen molar-refractivity contribution in [3.8, 4) is 11.4 Å². The summed E-state index contributed by atoms with van der Waals surface area (Å²) < 4.78 is 21.0. The number of aromatic nitrogens is 5. The lowest BCUT2D eigenvalue weighted by atomic mass is 10.1. The van der Waals surface area contributed by atoms with E-state index in [9.17, 15) is 4.39 Å². The maximum Gasteiger partial charge on any atom is 0.141 e. The highest BCUT2D eigenvalue weighted by Crippen LogP contribution is 2.31. The van der Waals surface area contributed by atoms with E-state index in [4.69, 9.17) is 21.5 Å². The van der Waals surface area contributed by atoms with E-state index in [1.165, 1.54) is 18.5 Å². The average Bonchev–Trinajstić information content (AvgIpc) is 3.46. The summed E-state index contributed by atoms with van der Waals surface area (Å²) in [6.07, 6.45) is 4.92. The zero-order chi connectivity index (χ0) is 28.2. The molecule has 41 heavy (non-hydrogen) atoms. The number of nitrogens with zero attached hydrogens (tertiary/aromatic N) is 7. The number of nitrogens with one attached hydrogen (secondary N) is 1. The van der Waals surface area contributed by atoms with Gasteiger partial charge in [-0.3, -0.25) is 4.90 Å². The van der Waals surface area contributed by atoms with E-state index >= 15 is 0 Å². The quantitative estimate of drug-likeness (QED) is 0.178. The Morgan fingerprint density at radius 2 is 1.93 bits per heavy atom. The van der Waals surface area contributed by atoms with Crippen LogP contribution in [-0.2, 0) is 13.2 Å². The highest BCUT2D eigenvalue weighted by Gasteiger charge is 2.17. The number of anilines is 2. The molecular formula is C29H26ClFN8O2. The number of hydrogen-bond acceptors (Lipinski definition) is 9. The fourth-order valence-corrected chi connectivity index (χ4v) is 4.94. The lowest BCUT2D eigenvalue weighted by Gasteiger charge is -2.25. The molecule has 0 aliphatic carbocycles. The molecule has 6 rings (SSSR count). The highest BCUT2D eigenvalue weighted by atomic mass is 35.5. The van der Waals surface area contributed by atoms with E-state index in [1.54, 1.807) is 28.9 Å². The van der Waals surface area contributed by atoms with Gasteiger partial charge < -0.3 is 15.3 Å². The molecule has 2 N–H and O–H groups in total. The molecule has 12 heteroatoms. The van der Waals surface area contributed by atoms with Crippen LogP contribution in [0.2, 0.25) is 5.02 Å². The molecule has 5 aromatic rings. The molecule has 0 atom stereocenters. The van der Waals surface area contributed by atoms with Crippen molar-refractivity contribution in [1.29, 1.82) is 0 Å². The minimum atomic E-state index is -0.313. The number of oxime groups is 1. The largest absolute Gasteiger partial charge is 0.487 e. The lowest BCUT2D eigenvalue weighted by Crippen LogP contribution is -2.33. The number of ether oxygens (including phenoxy) is 1. The van der Waals surface area contributed by atoms with E-state index in [0.717, 1.165) is 59.6 Å². The van der Waals surface area contributed by atoms with Crippen LogP contribution >= 0.6 is 11.6 Å². The first-order valence-corrected chi connectivity index (χ1v) is 13.4. The van der Waals surface area contributed by atoms with Crippen molar-refractivity contribution in [1.82, 2.24) is 29.9 Å². The molecule has 10 nitrogen and oxygen atoms in total. The molecule has 0 unspecified atom stereocenters. The van der Waals surface area contributed by atoms with Crippen molar-refractivity contribution in [2.75, 3.05) is 18.4 Å². The van der Waals surface area contributed by atoms with Gasteiger partial charge in [-0.05, 0) is 54.1 Å². The van der Waals surface area contributed by atoms with Gasteiger partial charge in [0.05, 0.1) is 33.8 Å². The molecular weight excluding hydrogens is 547 g/mol. The summed E-state index contributed by atoms with van der Waals surface area (Å²) in [6, 6.07) is 17.4. The third kappa shape index (κ3) is 6.26. The summed E-state index contributed by atoms with van der Waals surface area (Å²) in [5.74, 6) is 0.786. The van der Waals surface area contributed by atoms with Crippen LogP contribution in [0.1, 0.15) is 24.1 Å². The predicted octanol–water partition coefficient (Wildman–Crippen LogP) is 5.75. The molecule has 0 spiro atoms. The smallest absolute Gasteiger partial charge is 0.141 e. The normalized spacial score (nSPS) is 13.9. The summed E-state index contributed by atoms with van der Waals surface area (Å²) >= 11 is 6.49. The Balaban J connectivity index is 1.17. The Bertz CT molecular complexity index is 1720. The number of likely N-dealkylation sites (tertiary alicyclic amines) is 1. The zero-order valence-electron chi connectivity index (χ0n) is 21.9. The standard InChI is InChI=1S/C29H26ClFN8O2/c30-26-13-22(4-7-28(26)41-17-19-2-1-3-20(31)12-19)34-29-25-14-24(5-6-27(25)32-18-33-29)39-16-23(35-37-39)15-38-10-8-21(36-40)9-11-38/h1-7,12-14,16,18,40H,8-11,15,17H2,(H,32,33,34). The Kier molecular flexibility index (Phi) is 7.70. The van der Waals surface area contributed by atoms with Gasteiger partial charge in [-0.15, -0.1) is 5.10 Å². The molecule has 1 saturated heterocycles. The van der Waals surface area contributed by atoms with Crippen molar-refractivity contribution in [2.24, 2.45) is 5.16 Å². The lowest BCUT2D eigenvalue weighted by molar-refractivity contribution is 0.253. The van der Waals surface area contributed by atoms with Crippen molar-refractivity contribution in [3.05, 3.63) is 95.3 Å². The monoisotopic (exact) mass is 572 g/mol. The van der Waals surface area contributed by atoms with Gasteiger partial charge in [0.25, 0.3) is 0 Å². The molecule has 3 aromatic carbocycles. The van der Waals surface area contributed by atoms with Crippen LogP contribution < -0.4 is 10.1 Å². The number of halogens is 2. The third-order valence-electron chi connectivity index (χ3n) is 6.86. The van der Waals surface area contributed by atoms with Crippen molar-refractivity contribution < 1.29 is 14.3 Å². The molecule has 3 heterocycles. The SMILES string of the molecule is ON=C1CCN(Cc2cn(-c3ccc4ncnc(Nc5ccc(OCc6cccc(F)c6)c(Cl)c5)c4c3)nn2)CC1. The maximum absolute atomic E-state index is 13.5. The minimum absolute atomic E-state index is 0.199. The van der Waals surface area contributed by atoms with Crippen LogP contribution in [0.25, 0.3) is 16.6 Å². The van der Waals surface area contributed by atoms with Gasteiger partial charge in [0.15, 0.2) is 0 Å². The second-order valence-electron chi connectivity index (χ2n) is 9.71. The molecule has 1 fully saturated rings. The van der Waals surface area contributed by atoms with Crippen molar-refractivity contribution >= 4 is 39.7 Å². The van der Waals surface area contributed by atoms with E-state index in [1.807, 2.05) is 30.5 Å². The van der Waals surface area contributed by atoms with Crippen LogP contribution in [0.5, 0.6) is 5.75 Å². The van der Waals surface area contributed by atoms with E-state index in [2.05, 4.69) is 35.7 Å². The molecule has 0 bridgehead atoms. The summed E-state index contributed by atoms with van der Waals surface area (Å²) in [6.45, 7) is 2.51.